The molecule has 1 aliphatic rings. The fourth-order valence-corrected chi connectivity index (χ4v) is 3.76. The van der Waals surface area contributed by atoms with Gasteiger partial charge in [0.2, 0.25) is 0 Å². The number of nitrogens with one attached hydrogen (secondary N) is 1. The van der Waals surface area contributed by atoms with E-state index >= 15 is 0 Å². The normalized spacial score (nSPS) is 24.5. The predicted molar refractivity (Wildman–Crippen MR) is 87.8 cm³/mol. The third-order valence-electron chi connectivity index (χ3n) is 4.98. The van der Waals surface area contributed by atoms with Crippen LogP contribution in [0.3, 0.4) is 0 Å². The minimum absolute atomic E-state index is 0.545. The van der Waals surface area contributed by atoms with Crippen LogP contribution in [0.15, 0.2) is 30.3 Å². The highest BCUT2D eigenvalue weighted by molar-refractivity contribution is 5.18. The minimum Gasteiger partial charge on any atom is -0.310 e. The van der Waals surface area contributed by atoms with Crippen LogP contribution in [0.1, 0.15) is 70.4 Å². The Bertz CT molecular complexity index is 359. The number of hydrogen-bond acceptors (Lipinski definition) is 1. The van der Waals surface area contributed by atoms with Crippen molar-refractivity contribution in [3.05, 3.63) is 35.9 Å². The van der Waals surface area contributed by atoms with E-state index in [1.807, 2.05) is 0 Å². The van der Waals surface area contributed by atoms with E-state index in [2.05, 4.69) is 49.5 Å². The first kappa shape index (κ1) is 15.6. The molecule has 1 fully saturated rings. The lowest BCUT2D eigenvalue weighted by atomic mass is 9.77. The summed E-state index contributed by atoms with van der Waals surface area (Å²) in [5, 5.41) is 3.66. The molecule has 2 rings (SSSR count). The van der Waals surface area contributed by atoms with Crippen molar-refractivity contribution < 1.29 is 0 Å². The quantitative estimate of drug-likeness (QED) is 0.707. The van der Waals surface area contributed by atoms with E-state index in [-0.39, 0.29) is 0 Å². The highest BCUT2D eigenvalue weighted by Crippen LogP contribution is 2.35. The van der Waals surface area contributed by atoms with Crippen LogP contribution >= 0.6 is 0 Å². The molecule has 0 amide bonds. The van der Waals surface area contributed by atoms with Gasteiger partial charge < -0.3 is 5.32 Å². The molecule has 3 unspecified atom stereocenters. The van der Waals surface area contributed by atoms with E-state index in [0.29, 0.717) is 6.04 Å². The summed E-state index contributed by atoms with van der Waals surface area (Å²) in [4.78, 5) is 0. The average molecular weight is 273 g/mol. The van der Waals surface area contributed by atoms with Gasteiger partial charge >= 0.3 is 0 Å². The van der Waals surface area contributed by atoms with Crippen LogP contribution in [-0.2, 0) is 0 Å². The van der Waals surface area contributed by atoms with Crippen LogP contribution in [0.4, 0.5) is 0 Å². The molecule has 112 valence electrons. The first-order valence-electron chi connectivity index (χ1n) is 8.61. The minimum atomic E-state index is 0.545. The summed E-state index contributed by atoms with van der Waals surface area (Å²) in [7, 11) is 0. The summed E-state index contributed by atoms with van der Waals surface area (Å²) in [6.45, 7) is 5.63. The van der Waals surface area contributed by atoms with Crippen LogP contribution in [0, 0.1) is 11.8 Å². The number of hydrogen-bond donors (Lipinski definition) is 1. The maximum atomic E-state index is 3.66. The Balaban J connectivity index is 1.86. The van der Waals surface area contributed by atoms with Crippen LogP contribution in [-0.4, -0.2) is 6.54 Å². The molecule has 1 N–H and O–H groups in total. The lowest BCUT2D eigenvalue weighted by molar-refractivity contribution is 0.239. The van der Waals surface area contributed by atoms with Crippen LogP contribution in [0.5, 0.6) is 0 Å². The van der Waals surface area contributed by atoms with Crippen molar-refractivity contribution in [1.82, 2.24) is 5.32 Å². The van der Waals surface area contributed by atoms with Gasteiger partial charge in [-0.2, -0.15) is 0 Å². The van der Waals surface area contributed by atoms with Gasteiger partial charge in [0.15, 0.2) is 0 Å². The number of benzene rings is 1. The van der Waals surface area contributed by atoms with Gasteiger partial charge in [-0.1, -0.05) is 69.9 Å². The molecule has 3 atom stereocenters. The Kier molecular flexibility index (Phi) is 6.59. The molecule has 0 aliphatic heterocycles. The molecule has 0 aromatic heterocycles. The van der Waals surface area contributed by atoms with Crippen LogP contribution in [0.25, 0.3) is 0 Å². The molecule has 20 heavy (non-hydrogen) atoms. The molecular weight excluding hydrogens is 242 g/mol. The molecule has 0 spiro atoms. The molecule has 1 heteroatoms. The van der Waals surface area contributed by atoms with Crippen LogP contribution < -0.4 is 5.32 Å². The zero-order chi connectivity index (χ0) is 14.2. The highest BCUT2D eigenvalue weighted by atomic mass is 14.9. The van der Waals surface area contributed by atoms with Gasteiger partial charge in [0.1, 0.15) is 0 Å². The van der Waals surface area contributed by atoms with Crippen molar-refractivity contribution >= 4 is 0 Å². The predicted octanol–water partition coefficient (Wildman–Crippen LogP) is 5.33. The van der Waals surface area contributed by atoms with Gasteiger partial charge in [0.05, 0.1) is 0 Å². The standard InChI is InChI=1S/C19H31N/c1-3-16-9-8-10-17(15-16)13-14-19(20-4-2)18-11-6-5-7-12-18/h5-7,11-12,16-17,19-20H,3-4,8-10,13-15H2,1-2H3. The van der Waals surface area contributed by atoms with Gasteiger partial charge in [-0.25, -0.2) is 0 Å². The highest BCUT2D eigenvalue weighted by Gasteiger charge is 2.21. The Morgan fingerprint density at radius 1 is 1.10 bits per heavy atom. The van der Waals surface area contributed by atoms with E-state index in [9.17, 15) is 0 Å². The molecule has 0 saturated heterocycles. The zero-order valence-electron chi connectivity index (χ0n) is 13.3. The molecule has 1 saturated carbocycles. The van der Waals surface area contributed by atoms with Gasteiger partial charge in [-0.05, 0) is 43.2 Å². The van der Waals surface area contributed by atoms with Crippen molar-refractivity contribution in [2.75, 3.05) is 6.54 Å². The van der Waals surface area contributed by atoms with Gasteiger partial charge in [0, 0.05) is 6.04 Å². The van der Waals surface area contributed by atoms with Gasteiger partial charge in [-0.3, -0.25) is 0 Å². The van der Waals surface area contributed by atoms with Crippen molar-refractivity contribution in [2.45, 2.75) is 64.8 Å². The van der Waals surface area contributed by atoms with E-state index in [4.69, 9.17) is 0 Å². The smallest absolute Gasteiger partial charge is 0.0320 e. The van der Waals surface area contributed by atoms with Crippen molar-refractivity contribution in [3.8, 4) is 0 Å². The summed E-state index contributed by atoms with van der Waals surface area (Å²) in [5.74, 6) is 1.97. The van der Waals surface area contributed by atoms with Gasteiger partial charge in [0.25, 0.3) is 0 Å². The molecule has 1 aromatic carbocycles. The second kappa shape index (κ2) is 8.46. The SMILES string of the molecule is CCNC(CCC1CCCC(CC)C1)c1ccccc1. The molecule has 0 radical (unpaired) electrons. The molecular formula is C19H31N. The molecule has 1 aromatic rings. The third kappa shape index (κ3) is 4.63. The summed E-state index contributed by atoms with van der Waals surface area (Å²) in [6, 6.07) is 11.5. The monoisotopic (exact) mass is 273 g/mol. The zero-order valence-corrected chi connectivity index (χ0v) is 13.3. The molecule has 0 bridgehead atoms. The fraction of sp³-hybridized carbons (Fsp3) is 0.684. The summed E-state index contributed by atoms with van der Waals surface area (Å²) in [5.41, 5.74) is 1.46. The maximum Gasteiger partial charge on any atom is 0.0320 e. The van der Waals surface area contributed by atoms with Crippen LogP contribution in [0.2, 0.25) is 0 Å². The Labute approximate surface area is 125 Å². The molecule has 0 heterocycles. The largest absolute Gasteiger partial charge is 0.310 e. The summed E-state index contributed by atoms with van der Waals surface area (Å²) in [6.07, 6.45) is 9.94. The second-order valence-electron chi connectivity index (χ2n) is 6.41. The van der Waals surface area contributed by atoms with E-state index < -0.39 is 0 Å². The lowest BCUT2D eigenvalue weighted by Gasteiger charge is -2.30. The van der Waals surface area contributed by atoms with E-state index in [1.54, 1.807) is 0 Å². The Morgan fingerprint density at radius 2 is 1.85 bits per heavy atom. The summed E-state index contributed by atoms with van der Waals surface area (Å²) >= 11 is 0. The lowest BCUT2D eigenvalue weighted by Crippen LogP contribution is -2.23. The summed E-state index contributed by atoms with van der Waals surface area (Å²) < 4.78 is 0. The maximum absolute atomic E-state index is 3.66. The topological polar surface area (TPSA) is 12.0 Å². The molecule has 1 aliphatic carbocycles. The average Bonchev–Trinajstić information content (AvgIpc) is 2.52. The third-order valence-corrected chi connectivity index (χ3v) is 4.98. The second-order valence-corrected chi connectivity index (χ2v) is 6.41. The Morgan fingerprint density at radius 3 is 2.55 bits per heavy atom. The Hall–Kier alpha value is -0.820. The molecule has 1 nitrogen and oxygen atoms in total. The van der Waals surface area contributed by atoms with Gasteiger partial charge in [-0.15, -0.1) is 0 Å². The van der Waals surface area contributed by atoms with Crippen molar-refractivity contribution in [3.63, 3.8) is 0 Å². The first-order chi connectivity index (χ1) is 9.83. The fourth-order valence-electron chi connectivity index (χ4n) is 3.76. The first-order valence-corrected chi connectivity index (χ1v) is 8.61. The van der Waals surface area contributed by atoms with Crippen molar-refractivity contribution in [2.24, 2.45) is 11.8 Å². The van der Waals surface area contributed by atoms with E-state index in [1.165, 1.54) is 50.5 Å². The van der Waals surface area contributed by atoms with E-state index in [0.717, 1.165) is 18.4 Å². The van der Waals surface area contributed by atoms with Crippen molar-refractivity contribution in [1.29, 1.82) is 0 Å². The number of rotatable bonds is 7.